The SMILES string of the molecule is Cc1cccc(CSc2cc(C(=N)N)cc(C)n2)c1. The van der Waals surface area contributed by atoms with E-state index in [1.165, 1.54) is 11.1 Å². The first-order valence-electron chi connectivity index (χ1n) is 6.06. The first-order chi connectivity index (χ1) is 9.04. The molecule has 0 atom stereocenters. The van der Waals surface area contributed by atoms with Gasteiger partial charge in [0.15, 0.2) is 0 Å². The molecule has 0 saturated heterocycles. The minimum atomic E-state index is 0.0860. The number of amidine groups is 1. The van der Waals surface area contributed by atoms with Crippen molar-refractivity contribution in [3.63, 3.8) is 0 Å². The second kappa shape index (κ2) is 5.89. The standard InChI is InChI=1S/C15H17N3S/c1-10-4-3-5-12(6-10)9-19-14-8-13(15(16)17)7-11(2)18-14/h3-8H,9H2,1-2H3,(H3,16,17). The Morgan fingerprint density at radius 1 is 1.26 bits per heavy atom. The largest absolute Gasteiger partial charge is 0.384 e. The van der Waals surface area contributed by atoms with Crippen molar-refractivity contribution in [2.75, 3.05) is 0 Å². The number of hydrogen-bond acceptors (Lipinski definition) is 3. The molecule has 0 radical (unpaired) electrons. The fourth-order valence-corrected chi connectivity index (χ4v) is 2.74. The van der Waals surface area contributed by atoms with Gasteiger partial charge in [-0.3, -0.25) is 5.41 Å². The summed E-state index contributed by atoms with van der Waals surface area (Å²) >= 11 is 1.66. The van der Waals surface area contributed by atoms with Gasteiger partial charge in [-0.2, -0.15) is 0 Å². The van der Waals surface area contributed by atoms with Gasteiger partial charge in [-0.25, -0.2) is 4.98 Å². The summed E-state index contributed by atoms with van der Waals surface area (Å²) in [7, 11) is 0. The lowest BCUT2D eigenvalue weighted by atomic mass is 10.2. The van der Waals surface area contributed by atoms with Crippen LogP contribution < -0.4 is 5.73 Å². The van der Waals surface area contributed by atoms with E-state index in [-0.39, 0.29) is 5.84 Å². The lowest BCUT2D eigenvalue weighted by Gasteiger charge is -2.06. The van der Waals surface area contributed by atoms with Crippen LogP contribution in [0.5, 0.6) is 0 Å². The van der Waals surface area contributed by atoms with E-state index in [4.69, 9.17) is 11.1 Å². The third-order valence-corrected chi connectivity index (χ3v) is 3.69. The lowest BCUT2D eigenvalue weighted by molar-refractivity contribution is 1.06. The monoisotopic (exact) mass is 271 g/mol. The second-order valence-electron chi connectivity index (χ2n) is 4.53. The molecule has 3 nitrogen and oxygen atoms in total. The number of aromatic nitrogens is 1. The molecule has 4 heteroatoms. The normalized spacial score (nSPS) is 10.4. The Kier molecular flexibility index (Phi) is 4.22. The molecule has 0 amide bonds. The van der Waals surface area contributed by atoms with Gasteiger partial charge in [-0.1, -0.05) is 29.8 Å². The summed E-state index contributed by atoms with van der Waals surface area (Å²) in [6.45, 7) is 4.01. The Balaban J connectivity index is 2.13. The molecule has 0 aliphatic carbocycles. The summed E-state index contributed by atoms with van der Waals surface area (Å²) in [5.74, 6) is 0.957. The van der Waals surface area contributed by atoms with Gasteiger partial charge in [0.05, 0.1) is 5.03 Å². The van der Waals surface area contributed by atoms with E-state index in [2.05, 4.69) is 36.2 Å². The molecule has 2 rings (SSSR count). The fraction of sp³-hybridized carbons (Fsp3) is 0.200. The maximum atomic E-state index is 7.49. The highest BCUT2D eigenvalue weighted by Gasteiger charge is 2.04. The highest BCUT2D eigenvalue weighted by molar-refractivity contribution is 7.98. The summed E-state index contributed by atoms with van der Waals surface area (Å²) in [5, 5.41) is 8.40. The predicted octanol–water partition coefficient (Wildman–Crippen LogP) is 3.27. The molecule has 0 unspecified atom stereocenters. The van der Waals surface area contributed by atoms with Gasteiger partial charge < -0.3 is 5.73 Å². The number of nitrogens with two attached hydrogens (primary N) is 1. The Morgan fingerprint density at radius 3 is 2.74 bits per heavy atom. The lowest BCUT2D eigenvalue weighted by Crippen LogP contribution is -2.11. The van der Waals surface area contributed by atoms with Crippen molar-refractivity contribution in [2.45, 2.75) is 24.6 Å². The van der Waals surface area contributed by atoms with Crippen LogP contribution >= 0.6 is 11.8 Å². The van der Waals surface area contributed by atoms with Crippen molar-refractivity contribution >= 4 is 17.6 Å². The molecule has 0 aliphatic rings. The number of hydrogen-bond donors (Lipinski definition) is 2. The number of pyridine rings is 1. The average Bonchev–Trinajstić information content (AvgIpc) is 2.36. The molecule has 0 aliphatic heterocycles. The summed E-state index contributed by atoms with van der Waals surface area (Å²) in [5.41, 5.74) is 9.69. The molecule has 1 heterocycles. The molecule has 19 heavy (non-hydrogen) atoms. The number of aryl methyl sites for hydroxylation is 2. The quantitative estimate of drug-likeness (QED) is 0.509. The number of thioether (sulfide) groups is 1. The van der Waals surface area contributed by atoms with E-state index < -0.39 is 0 Å². The molecular weight excluding hydrogens is 254 g/mol. The fourth-order valence-electron chi connectivity index (χ4n) is 1.83. The number of rotatable bonds is 4. The highest BCUT2D eigenvalue weighted by Crippen LogP contribution is 2.22. The molecule has 2 aromatic rings. The van der Waals surface area contributed by atoms with Crippen LogP contribution in [-0.4, -0.2) is 10.8 Å². The van der Waals surface area contributed by atoms with Crippen LogP contribution in [-0.2, 0) is 5.75 Å². The first-order valence-corrected chi connectivity index (χ1v) is 7.04. The van der Waals surface area contributed by atoms with Crippen LogP contribution in [0, 0.1) is 19.3 Å². The third kappa shape index (κ3) is 3.83. The van der Waals surface area contributed by atoms with Gasteiger partial charge in [0.1, 0.15) is 5.84 Å². The Labute approximate surface area is 117 Å². The van der Waals surface area contributed by atoms with Gasteiger partial charge in [-0.15, -0.1) is 11.8 Å². The Bertz CT molecular complexity index is 608. The van der Waals surface area contributed by atoms with Crippen LogP contribution in [0.3, 0.4) is 0 Å². The van der Waals surface area contributed by atoms with E-state index in [1.807, 2.05) is 19.1 Å². The molecular formula is C15H17N3S. The van der Waals surface area contributed by atoms with Crippen molar-refractivity contribution < 1.29 is 0 Å². The zero-order valence-electron chi connectivity index (χ0n) is 11.1. The maximum Gasteiger partial charge on any atom is 0.122 e. The summed E-state index contributed by atoms with van der Waals surface area (Å²) < 4.78 is 0. The predicted molar refractivity (Wildman–Crippen MR) is 80.7 cm³/mol. The zero-order valence-corrected chi connectivity index (χ0v) is 11.9. The van der Waals surface area contributed by atoms with E-state index >= 15 is 0 Å². The smallest absolute Gasteiger partial charge is 0.122 e. The van der Waals surface area contributed by atoms with Crippen LogP contribution in [0.4, 0.5) is 0 Å². The van der Waals surface area contributed by atoms with Gasteiger partial charge in [-0.05, 0) is 31.5 Å². The zero-order chi connectivity index (χ0) is 13.8. The van der Waals surface area contributed by atoms with E-state index in [1.54, 1.807) is 11.8 Å². The molecule has 98 valence electrons. The minimum Gasteiger partial charge on any atom is -0.384 e. The van der Waals surface area contributed by atoms with Gasteiger partial charge in [0, 0.05) is 17.0 Å². The number of nitrogens with one attached hydrogen (secondary N) is 1. The highest BCUT2D eigenvalue weighted by atomic mass is 32.2. The van der Waals surface area contributed by atoms with Crippen LogP contribution in [0.1, 0.15) is 22.4 Å². The second-order valence-corrected chi connectivity index (χ2v) is 5.52. The van der Waals surface area contributed by atoms with Gasteiger partial charge in [0.2, 0.25) is 0 Å². The van der Waals surface area contributed by atoms with Gasteiger partial charge in [0.25, 0.3) is 0 Å². The van der Waals surface area contributed by atoms with Crippen molar-refractivity contribution in [1.29, 1.82) is 5.41 Å². The van der Waals surface area contributed by atoms with Crippen molar-refractivity contribution in [2.24, 2.45) is 5.73 Å². The molecule has 1 aromatic carbocycles. The van der Waals surface area contributed by atoms with Crippen molar-refractivity contribution in [3.05, 3.63) is 58.8 Å². The molecule has 0 spiro atoms. The molecule has 0 bridgehead atoms. The minimum absolute atomic E-state index is 0.0860. The van der Waals surface area contributed by atoms with Crippen LogP contribution in [0.25, 0.3) is 0 Å². The molecule has 1 aromatic heterocycles. The van der Waals surface area contributed by atoms with E-state index in [0.717, 1.165) is 22.0 Å². The van der Waals surface area contributed by atoms with Crippen molar-refractivity contribution in [3.8, 4) is 0 Å². The Morgan fingerprint density at radius 2 is 2.05 bits per heavy atom. The summed E-state index contributed by atoms with van der Waals surface area (Å²) in [4.78, 5) is 4.46. The molecule has 0 saturated carbocycles. The van der Waals surface area contributed by atoms with Gasteiger partial charge >= 0.3 is 0 Å². The molecule has 0 fully saturated rings. The summed E-state index contributed by atoms with van der Waals surface area (Å²) in [6, 6.07) is 12.1. The third-order valence-electron chi connectivity index (χ3n) is 2.71. The van der Waals surface area contributed by atoms with E-state index in [0.29, 0.717) is 0 Å². The Hall–Kier alpha value is -1.81. The van der Waals surface area contributed by atoms with Crippen molar-refractivity contribution in [1.82, 2.24) is 4.98 Å². The topological polar surface area (TPSA) is 62.8 Å². The van der Waals surface area contributed by atoms with Crippen LogP contribution in [0.15, 0.2) is 41.4 Å². The summed E-state index contributed by atoms with van der Waals surface area (Å²) in [6.07, 6.45) is 0. The molecule has 3 N–H and O–H groups in total. The maximum absolute atomic E-state index is 7.49. The average molecular weight is 271 g/mol. The number of nitrogens with zero attached hydrogens (tertiary/aromatic N) is 1. The number of nitrogen functional groups attached to an aromatic ring is 1. The van der Waals surface area contributed by atoms with E-state index in [9.17, 15) is 0 Å². The number of benzene rings is 1. The van der Waals surface area contributed by atoms with Crippen LogP contribution in [0.2, 0.25) is 0 Å². The first kappa shape index (κ1) is 13.6.